The average molecular weight is 296 g/mol. The molecule has 0 fully saturated rings. The zero-order valence-corrected chi connectivity index (χ0v) is 10.6. The van der Waals surface area contributed by atoms with Gasteiger partial charge in [-0.05, 0) is 12.1 Å². The molecule has 102 valence electrons. The number of nitrogens with zero attached hydrogens (tertiary/aromatic N) is 2. The Morgan fingerprint density at radius 1 is 1.40 bits per heavy atom. The minimum Gasteiger partial charge on any atom is -0.322 e. The lowest BCUT2D eigenvalue weighted by molar-refractivity contribution is -0.385. The molecule has 1 amide bonds. The zero-order valence-electron chi connectivity index (χ0n) is 9.84. The number of rotatable bonds is 3. The van der Waals surface area contributed by atoms with Gasteiger partial charge in [-0.2, -0.15) is 0 Å². The fraction of sp³-hybridized carbons (Fsp3) is 0. The van der Waals surface area contributed by atoms with E-state index in [1.807, 2.05) is 0 Å². The number of halogens is 2. The molecule has 0 spiro atoms. The Labute approximate surface area is 117 Å². The summed E-state index contributed by atoms with van der Waals surface area (Å²) < 4.78 is 13.2. The van der Waals surface area contributed by atoms with Crippen molar-refractivity contribution in [1.82, 2.24) is 4.98 Å². The molecule has 1 aromatic heterocycles. The normalized spacial score (nSPS) is 10.1. The summed E-state index contributed by atoms with van der Waals surface area (Å²) in [4.78, 5) is 25.5. The molecule has 0 radical (unpaired) electrons. The lowest BCUT2D eigenvalue weighted by Gasteiger charge is -2.06. The number of carbonyl (C=O) groups is 1. The Balaban J connectivity index is 2.28. The fourth-order valence-electron chi connectivity index (χ4n) is 1.51. The molecule has 1 heterocycles. The predicted octanol–water partition coefficient (Wildman–Crippen LogP) is 3.03. The van der Waals surface area contributed by atoms with Crippen molar-refractivity contribution < 1.29 is 14.1 Å². The van der Waals surface area contributed by atoms with Crippen LogP contribution >= 0.6 is 11.6 Å². The number of benzene rings is 1. The molecule has 0 atom stereocenters. The molecule has 2 aromatic rings. The van der Waals surface area contributed by atoms with E-state index in [0.29, 0.717) is 0 Å². The minimum absolute atomic E-state index is 0.0328. The summed E-state index contributed by atoms with van der Waals surface area (Å²) >= 11 is 5.79. The van der Waals surface area contributed by atoms with Crippen LogP contribution in [-0.4, -0.2) is 15.8 Å². The second-order valence-corrected chi connectivity index (χ2v) is 4.17. The quantitative estimate of drug-likeness (QED) is 0.696. The van der Waals surface area contributed by atoms with Crippen LogP contribution in [0.5, 0.6) is 0 Å². The van der Waals surface area contributed by atoms with E-state index < -0.39 is 22.3 Å². The highest BCUT2D eigenvalue weighted by atomic mass is 35.5. The highest BCUT2D eigenvalue weighted by Gasteiger charge is 2.14. The number of pyridine rings is 1. The highest BCUT2D eigenvalue weighted by Crippen LogP contribution is 2.21. The summed E-state index contributed by atoms with van der Waals surface area (Å²) in [5, 5.41) is 13.1. The Kier molecular flexibility index (Phi) is 3.90. The third kappa shape index (κ3) is 3.07. The average Bonchev–Trinajstić information content (AvgIpc) is 2.38. The molecule has 6 nitrogen and oxygen atoms in total. The topological polar surface area (TPSA) is 85.1 Å². The number of amides is 1. The maximum absolute atomic E-state index is 13.2. The third-order valence-electron chi connectivity index (χ3n) is 2.37. The minimum atomic E-state index is -0.824. The Morgan fingerprint density at radius 2 is 2.15 bits per heavy atom. The monoisotopic (exact) mass is 295 g/mol. The molecule has 2 rings (SSSR count). The van der Waals surface area contributed by atoms with Gasteiger partial charge in [-0.15, -0.1) is 0 Å². The van der Waals surface area contributed by atoms with Gasteiger partial charge in [0, 0.05) is 18.5 Å². The van der Waals surface area contributed by atoms with E-state index in [0.717, 1.165) is 18.2 Å². The number of nitro benzene ring substituents is 1. The molecule has 0 bridgehead atoms. The van der Waals surface area contributed by atoms with Crippen molar-refractivity contribution in [2.45, 2.75) is 0 Å². The van der Waals surface area contributed by atoms with Gasteiger partial charge in [0.05, 0.1) is 27.3 Å². The van der Waals surface area contributed by atoms with Gasteiger partial charge in [0.25, 0.3) is 11.6 Å². The van der Waals surface area contributed by atoms with Crippen molar-refractivity contribution >= 4 is 28.9 Å². The van der Waals surface area contributed by atoms with Crippen molar-refractivity contribution in [1.29, 1.82) is 0 Å². The van der Waals surface area contributed by atoms with Crippen molar-refractivity contribution in [3.8, 4) is 0 Å². The van der Waals surface area contributed by atoms with Crippen LogP contribution in [-0.2, 0) is 0 Å². The smallest absolute Gasteiger partial charge is 0.274 e. The van der Waals surface area contributed by atoms with E-state index in [9.17, 15) is 19.3 Å². The second kappa shape index (κ2) is 5.62. The number of nitro groups is 1. The van der Waals surface area contributed by atoms with E-state index in [1.54, 1.807) is 0 Å². The number of anilines is 1. The van der Waals surface area contributed by atoms with Crippen LogP contribution in [0.15, 0.2) is 36.7 Å². The molecule has 1 aromatic carbocycles. The van der Waals surface area contributed by atoms with Gasteiger partial charge in [-0.1, -0.05) is 11.6 Å². The maximum Gasteiger partial charge on any atom is 0.274 e. The van der Waals surface area contributed by atoms with Crippen LogP contribution in [0, 0.1) is 15.9 Å². The van der Waals surface area contributed by atoms with Crippen molar-refractivity contribution in [3.63, 3.8) is 0 Å². The lowest BCUT2D eigenvalue weighted by Crippen LogP contribution is -2.13. The molecule has 0 saturated carbocycles. The summed E-state index contributed by atoms with van der Waals surface area (Å²) in [6.07, 6.45) is 2.65. The van der Waals surface area contributed by atoms with Gasteiger partial charge in [0.2, 0.25) is 0 Å². The van der Waals surface area contributed by atoms with Crippen LogP contribution in [0.4, 0.5) is 15.8 Å². The molecule has 0 unspecified atom stereocenters. The number of nitrogens with one attached hydrogen (secondary N) is 1. The fourth-order valence-corrected chi connectivity index (χ4v) is 1.71. The first kappa shape index (κ1) is 13.9. The van der Waals surface area contributed by atoms with E-state index in [-0.39, 0.29) is 16.3 Å². The lowest BCUT2D eigenvalue weighted by atomic mass is 10.2. The van der Waals surface area contributed by atoms with E-state index in [2.05, 4.69) is 10.3 Å². The van der Waals surface area contributed by atoms with Gasteiger partial charge in [-0.3, -0.25) is 19.9 Å². The van der Waals surface area contributed by atoms with Gasteiger partial charge >= 0.3 is 0 Å². The molecule has 8 heteroatoms. The predicted molar refractivity (Wildman–Crippen MR) is 70.3 cm³/mol. The van der Waals surface area contributed by atoms with Crippen LogP contribution in [0.2, 0.25) is 5.02 Å². The van der Waals surface area contributed by atoms with Crippen LogP contribution < -0.4 is 5.32 Å². The van der Waals surface area contributed by atoms with Crippen LogP contribution in [0.3, 0.4) is 0 Å². The number of non-ortho nitro benzene ring substituents is 1. The molecule has 0 aliphatic rings. The molecular formula is C12H7ClFN3O3. The largest absolute Gasteiger partial charge is 0.322 e. The summed E-state index contributed by atoms with van der Waals surface area (Å²) in [6, 6.07) is 4.16. The highest BCUT2D eigenvalue weighted by molar-refractivity contribution is 6.34. The van der Waals surface area contributed by atoms with Gasteiger partial charge < -0.3 is 5.32 Å². The SMILES string of the molecule is O=C(Nc1cc(F)cc([N+](=O)[O-])c1)c1ccncc1Cl. The number of hydrogen-bond acceptors (Lipinski definition) is 4. The number of carbonyl (C=O) groups excluding carboxylic acids is 1. The molecule has 0 saturated heterocycles. The Morgan fingerprint density at radius 3 is 2.80 bits per heavy atom. The van der Waals surface area contributed by atoms with Gasteiger partial charge in [0.15, 0.2) is 0 Å². The summed E-state index contributed by atoms with van der Waals surface area (Å²) in [6.45, 7) is 0. The second-order valence-electron chi connectivity index (χ2n) is 3.76. The molecular weight excluding hydrogens is 289 g/mol. The van der Waals surface area contributed by atoms with Crippen LogP contribution in [0.1, 0.15) is 10.4 Å². The molecule has 1 N–H and O–H groups in total. The van der Waals surface area contributed by atoms with E-state index in [1.165, 1.54) is 18.5 Å². The summed E-state index contributed by atoms with van der Waals surface area (Å²) in [7, 11) is 0. The maximum atomic E-state index is 13.2. The van der Waals surface area contributed by atoms with Crippen molar-refractivity contribution in [3.05, 3.63) is 63.2 Å². The molecule has 0 aliphatic heterocycles. The number of aromatic nitrogens is 1. The molecule has 20 heavy (non-hydrogen) atoms. The first-order valence-electron chi connectivity index (χ1n) is 5.33. The van der Waals surface area contributed by atoms with Gasteiger partial charge in [-0.25, -0.2) is 4.39 Å². The van der Waals surface area contributed by atoms with E-state index >= 15 is 0 Å². The van der Waals surface area contributed by atoms with Crippen molar-refractivity contribution in [2.75, 3.05) is 5.32 Å². The number of hydrogen-bond donors (Lipinski definition) is 1. The summed E-state index contributed by atoms with van der Waals surface area (Å²) in [5.74, 6) is -1.44. The first-order chi connectivity index (χ1) is 9.47. The summed E-state index contributed by atoms with van der Waals surface area (Å²) in [5.41, 5.74) is -0.357. The Bertz CT molecular complexity index is 693. The first-order valence-corrected chi connectivity index (χ1v) is 5.71. The standard InChI is InChI=1S/C12H7ClFN3O3/c13-11-6-15-2-1-10(11)12(18)16-8-3-7(14)4-9(5-8)17(19)20/h1-6H,(H,16,18). The van der Waals surface area contributed by atoms with Gasteiger partial charge in [0.1, 0.15) is 5.82 Å². The van der Waals surface area contributed by atoms with E-state index in [4.69, 9.17) is 11.6 Å². The Hall–Kier alpha value is -2.54. The van der Waals surface area contributed by atoms with Crippen LogP contribution in [0.25, 0.3) is 0 Å². The zero-order chi connectivity index (χ0) is 14.7. The molecule has 0 aliphatic carbocycles. The van der Waals surface area contributed by atoms with Crippen molar-refractivity contribution in [2.24, 2.45) is 0 Å². The third-order valence-corrected chi connectivity index (χ3v) is 2.67.